The summed E-state index contributed by atoms with van der Waals surface area (Å²) in [5.74, 6) is -1.44. The lowest BCUT2D eigenvalue weighted by Gasteiger charge is -2.05. The van der Waals surface area contributed by atoms with Gasteiger partial charge in [0.05, 0.1) is 5.97 Å². The standard InChI is InChI=1S/C8H6F2O3/c9-8(10)13-6-3-1-5(2-4-6)7(11)12/h1-4,8H,(H,11,12)/p-1. The van der Waals surface area contributed by atoms with Crippen LogP contribution in [0.25, 0.3) is 0 Å². The number of hydrogen-bond donors (Lipinski definition) is 0. The normalized spacial score (nSPS) is 10.1. The van der Waals surface area contributed by atoms with Crippen LogP contribution in [0, 0.1) is 0 Å². The van der Waals surface area contributed by atoms with E-state index in [4.69, 9.17) is 0 Å². The zero-order valence-corrected chi connectivity index (χ0v) is 6.37. The van der Waals surface area contributed by atoms with E-state index < -0.39 is 12.6 Å². The number of halogens is 2. The molecule has 3 nitrogen and oxygen atoms in total. The molecule has 0 N–H and O–H groups in total. The molecule has 0 saturated heterocycles. The third-order valence-corrected chi connectivity index (χ3v) is 1.32. The highest BCUT2D eigenvalue weighted by Gasteiger charge is 2.03. The molecule has 0 amide bonds. The largest absolute Gasteiger partial charge is 0.545 e. The second-order valence-electron chi connectivity index (χ2n) is 2.19. The molecule has 1 aromatic rings. The van der Waals surface area contributed by atoms with Crippen molar-refractivity contribution >= 4 is 5.97 Å². The number of carboxylic acids is 1. The highest BCUT2D eigenvalue weighted by Crippen LogP contribution is 2.14. The quantitative estimate of drug-likeness (QED) is 0.698. The van der Waals surface area contributed by atoms with Crippen LogP contribution in [0.3, 0.4) is 0 Å². The number of hydrogen-bond acceptors (Lipinski definition) is 3. The first-order chi connectivity index (χ1) is 6.09. The first-order valence-corrected chi connectivity index (χ1v) is 3.36. The summed E-state index contributed by atoms with van der Waals surface area (Å²) in [6.45, 7) is -2.91. The predicted octanol–water partition coefficient (Wildman–Crippen LogP) is 0.651. The summed E-state index contributed by atoms with van der Waals surface area (Å²) >= 11 is 0. The smallest absolute Gasteiger partial charge is 0.387 e. The molecule has 0 bridgehead atoms. The maximum absolute atomic E-state index is 11.6. The van der Waals surface area contributed by atoms with Gasteiger partial charge in [-0.25, -0.2) is 0 Å². The second kappa shape index (κ2) is 3.84. The summed E-state index contributed by atoms with van der Waals surface area (Å²) in [6.07, 6.45) is 0. The van der Waals surface area contributed by atoms with Crippen LogP contribution in [0.2, 0.25) is 0 Å². The van der Waals surface area contributed by atoms with Gasteiger partial charge in [-0.2, -0.15) is 8.78 Å². The Kier molecular flexibility index (Phi) is 2.79. The Labute approximate surface area is 72.6 Å². The number of rotatable bonds is 3. The van der Waals surface area contributed by atoms with Gasteiger partial charge in [0.1, 0.15) is 5.75 Å². The fraction of sp³-hybridized carbons (Fsp3) is 0.125. The molecule has 0 unspecified atom stereocenters. The molecule has 70 valence electrons. The summed E-state index contributed by atoms with van der Waals surface area (Å²) in [5.41, 5.74) is -0.0818. The van der Waals surface area contributed by atoms with Crippen LogP contribution in [-0.2, 0) is 0 Å². The zero-order chi connectivity index (χ0) is 9.84. The van der Waals surface area contributed by atoms with Crippen LogP contribution in [0.5, 0.6) is 5.75 Å². The summed E-state index contributed by atoms with van der Waals surface area (Å²) in [7, 11) is 0. The van der Waals surface area contributed by atoms with E-state index in [-0.39, 0.29) is 11.3 Å². The van der Waals surface area contributed by atoms with Crippen LogP contribution in [-0.4, -0.2) is 12.6 Å². The van der Waals surface area contributed by atoms with Crippen LogP contribution >= 0.6 is 0 Å². The summed E-state index contributed by atoms with van der Waals surface area (Å²) in [5, 5.41) is 10.2. The molecule has 0 radical (unpaired) electrons. The Hall–Kier alpha value is -1.65. The number of aromatic carboxylic acids is 1. The second-order valence-corrected chi connectivity index (χ2v) is 2.19. The first-order valence-electron chi connectivity index (χ1n) is 3.36. The van der Waals surface area contributed by atoms with Gasteiger partial charge in [-0.1, -0.05) is 0 Å². The van der Waals surface area contributed by atoms with E-state index in [2.05, 4.69) is 4.74 Å². The molecule has 0 atom stereocenters. The molecule has 0 aliphatic heterocycles. The summed E-state index contributed by atoms with van der Waals surface area (Å²) < 4.78 is 27.3. The monoisotopic (exact) mass is 187 g/mol. The Morgan fingerprint density at radius 1 is 1.31 bits per heavy atom. The zero-order valence-electron chi connectivity index (χ0n) is 6.37. The van der Waals surface area contributed by atoms with Crippen molar-refractivity contribution in [3.05, 3.63) is 29.8 Å². The molecule has 1 aromatic carbocycles. The van der Waals surface area contributed by atoms with E-state index in [0.717, 1.165) is 24.3 Å². The highest BCUT2D eigenvalue weighted by atomic mass is 19.3. The summed E-state index contributed by atoms with van der Waals surface area (Å²) in [6, 6.07) is 4.54. The fourth-order valence-electron chi connectivity index (χ4n) is 0.772. The average molecular weight is 187 g/mol. The van der Waals surface area contributed by atoms with Crippen LogP contribution in [0.1, 0.15) is 10.4 Å². The van der Waals surface area contributed by atoms with Gasteiger partial charge in [0.25, 0.3) is 0 Å². The molecule has 0 aliphatic carbocycles. The number of carbonyl (C=O) groups excluding carboxylic acids is 1. The molecular formula is C8H5F2O3-. The Morgan fingerprint density at radius 3 is 2.23 bits per heavy atom. The summed E-state index contributed by atoms with van der Waals surface area (Å²) in [4.78, 5) is 10.2. The van der Waals surface area contributed by atoms with Gasteiger partial charge in [0.15, 0.2) is 0 Å². The molecular weight excluding hydrogens is 182 g/mol. The van der Waals surface area contributed by atoms with Gasteiger partial charge >= 0.3 is 6.61 Å². The molecule has 0 spiro atoms. The SMILES string of the molecule is O=C([O-])c1ccc(OC(F)F)cc1. The van der Waals surface area contributed by atoms with E-state index >= 15 is 0 Å². The number of carboxylic acid groups (broad SMARTS) is 1. The molecule has 0 heterocycles. The number of ether oxygens (including phenoxy) is 1. The minimum atomic E-state index is -2.91. The topological polar surface area (TPSA) is 49.4 Å². The van der Waals surface area contributed by atoms with Crippen molar-refractivity contribution in [2.24, 2.45) is 0 Å². The van der Waals surface area contributed by atoms with Gasteiger partial charge < -0.3 is 14.6 Å². The van der Waals surface area contributed by atoms with Crippen LogP contribution < -0.4 is 9.84 Å². The van der Waals surface area contributed by atoms with Gasteiger partial charge in [-0.3, -0.25) is 0 Å². The van der Waals surface area contributed by atoms with E-state index in [1.165, 1.54) is 0 Å². The van der Waals surface area contributed by atoms with Gasteiger partial charge in [0, 0.05) is 0 Å². The lowest BCUT2D eigenvalue weighted by Crippen LogP contribution is -2.21. The van der Waals surface area contributed by atoms with Gasteiger partial charge in [0.2, 0.25) is 0 Å². The van der Waals surface area contributed by atoms with E-state index in [0.29, 0.717) is 0 Å². The fourth-order valence-corrected chi connectivity index (χ4v) is 0.772. The molecule has 1 rings (SSSR count). The number of carbonyl (C=O) groups is 1. The first kappa shape index (κ1) is 9.44. The Morgan fingerprint density at radius 2 is 1.85 bits per heavy atom. The third-order valence-electron chi connectivity index (χ3n) is 1.32. The van der Waals surface area contributed by atoms with Crippen molar-refractivity contribution in [1.29, 1.82) is 0 Å². The minimum Gasteiger partial charge on any atom is -0.545 e. The third kappa shape index (κ3) is 2.70. The molecule has 0 fully saturated rings. The van der Waals surface area contributed by atoms with Crippen LogP contribution in [0.15, 0.2) is 24.3 Å². The molecule has 0 aliphatic rings. The van der Waals surface area contributed by atoms with E-state index in [1.807, 2.05) is 0 Å². The predicted molar refractivity (Wildman–Crippen MR) is 37.4 cm³/mol. The van der Waals surface area contributed by atoms with E-state index in [1.54, 1.807) is 0 Å². The van der Waals surface area contributed by atoms with Crippen molar-refractivity contribution < 1.29 is 23.4 Å². The lowest BCUT2D eigenvalue weighted by atomic mass is 10.2. The average Bonchev–Trinajstić information content (AvgIpc) is 2.04. The maximum Gasteiger partial charge on any atom is 0.387 e. The van der Waals surface area contributed by atoms with Gasteiger partial charge in [-0.05, 0) is 29.8 Å². The Balaban J connectivity index is 2.75. The van der Waals surface area contributed by atoms with Crippen molar-refractivity contribution in [3.8, 4) is 5.75 Å². The number of alkyl halides is 2. The number of benzene rings is 1. The minimum absolute atomic E-state index is 0.0818. The van der Waals surface area contributed by atoms with Crippen LogP contribution in [0.4, 0.5) is 8.78 Å². The molecule has 0 aromatic heterocycles. The lowest BCUT2D eigenvalue weighted by molar-refractivity contribution is -0.255. The van der Waals surface area contributed by atoms with Crippen molar-refractivity contribution in [2.75, 3.05) is 0 Å². The molecule has 0 saturated carbocycles. The van der Waals surface area contributed by atoms with E-state index in [9.17, 15) is 18.7 Å². The van der Waals surface area contributed by atoms with Crippen molar-refractivity contribution in [1.82, 2.24) is 0 Å². The van der Waals surface area contributed by atoms with Crippen molar-refractivity contribution in [2.45, 2.75) is 6.61 Å². The van der Waals surface area contributed by atoms with Crippen molar-refractivity contribution in [3.63, 3.8) is 0 Å². The Bertz CT molecular complexity index is 295. The maximum atomic E-state index is 11.6. The molecule has 5 heteroatoms. The highest BCUT2D eigenvalue weighted by molar-refractivity contribution is 5.85. The van der Waals surface area contributed by atoms with Gasteiger partial charge in [-0.15, -0.1) is 0 Å². The molecule has 13 heavy (non-hydrogen) atoms.